The molecule has 0 atom stereocenters. The SMILES string of the molecule is CCCNc1nc(Sc2cccc(C)c2)c2ccsc2n1. The monoisotopic (exact) mass is 315 g/mol. The molecule has 0 saturated carbocycles. The van der Waals surface area contributed by atoms with E-state index in [2.05, 4.69) is 64.8 Å². The molecule has 0 aliphatic carbocycles. The van der Waals surface area contributed by atoms with Crippen molar-refractivity contribution in [2.45, 2.75) is 30.2 Å². The predicted octanol–water partition coefficient (Wildman–Crippen LogP) is 4.97. The van der Waals surface area contributed by atoms with Crippen molar-refractivity contribution in [2.75, 3.05) is 11.9 Å². The number of thiophene rings is 1. The molecule has 1 N–H and O–H groups in total. The summed E-state index contributed by atoms with van der Waals surface area (Å²) in [6.45, 7) is 5.14. The number of anilines is 1. The summed E-state index contributed by atoms with van der Waals surface area (Å²) in [6, 6.07) is 10.6. The summed E-state index contributed by atoms with van der Waals surface area (Å²) in [7, 11) is 0. The van der Waals surface area contributed by atoms with E-state index < -0.39 is 0 Å². The maximum absolute atomic E-state index is 4.68. The number of benzene rings is 1. The molecule has 0 aliphatic heterocycles. The van der Waals surface area contributed by atoms with Crippen molar-refractivity contribution in [2.24, 2.45) is 0 Å². The second-order valence-corrected chi connectivity index (χ2v) is 6.79. The first-order valence-electron chi connectivity index (χ1n) is 7.00. The van der Waals surface area contributed by atoms with E-state index in [0.29, 0.717) is 0 Å². The van der Waals surface area contributed by atoms with Gasteiger partial charge >= 0.3 is 0 Å². The van der Waals surface area contributed by atoms with E-state index in [1.807, 2.05) is 0 Å². The van der Waals surface area contributed by atoms with Gasteiger partial charge in [-0.3, -0.25) is 0 Å². The van der Waals surface area contributed by atoms with E-state index >= 15 is 0 Å². The third-order valence-electron chi connectivity index (χ3n) is 3.03. The third kappa shape index (κ3) is 3.36. The molecule has 21 heavy (non-hydrogen) atoms. The van der Waals surface area contributed by atoms with Crippen LogP contribution >= 0.6 is 23.1 Å². The van der Waals surface area contributed by atoms with Crippen LogP contribution in [0.25, 0.3) is 10.2 Å². The van der Waals surface area contributed by atoms with Gasteiger partial charge < -0.3 is 5.32 Å². The van der Waals surface area contributed by atoms with E-state index in [0.717, 1.165) is 34.2 Å². The van der Waals surface area contributed by atoms with Crippen LogP contribution in [0.3, 0.4) is 0 Å². The van der Waals surface area contributed by atoms with Crippen LogP contribution in [0.1, 0.15) is 18.9 Å². The zero-order valence-corrected chi connectivity index (χ0v) is 13.7. The maximum Gasteiger partial charge on any atom is 0.225 e. The highest BCUT2D eigenvalue weighted by molar-refractivity contribution is 7.99. The molecule has 5 heteroatoms. The second-order valence-electron chi connectivity index (χ2n) is 4.84. The van der Waals surface area contributed by atoms with Crippen LogP contribution in [0.4, 0.5) is 5.95 Å². The van der Waals surface area contributed by atoms with E-state index in [-0.39, 0.29) is 0 Å². The zero-order valence-electron chi connectivity index (χ0n) is 12.1. The standard InChI is InChI=1S/C16H17N3S2/c1-3-8-17-16-18-14-13(7-9-20-14)15(19-16)21-12-6-4-5-11(2)10-12/h4-7,9-10H,3,8H2,1-2H3,(H,17,18,19). The van der Waals surface area contributed by atoms with Crippen molar-refractivity contribution < 1.29 is 0 Å². The molecule has 3 nitrogen and oxygen atoms in total. The Hall–Kier alpha value is -1.59. The smallest absolute Gasteiger partial charge is 0.225 e. The molecule has 3 rings (SSSR count). The predicted molar refractivity (Wildman–Crippen MR) is 91.5 cm³/mol. The highest BCUT2D eigenvalue weighted by atomic mass is 32.2. The van der Waals surface area contributed by atoms with Crippen molar-refractivity contribution in [3.63, 3.8) is 0 Å². The molecule has 0 aliphatic rings. The van der Waals surface area contributed by atoms with Crippen LogP contribution in [-0.2, 0) is 0 Å². The molecule has 1 aromatic carbocycles. The number of hydrogen-bond donors (Lipinski definition) is 1. The molecule has 0 fully saturated rings. The fourth-order valence-corrected chi connectivity index (χ4v) is 3.86. The Morgan fingerprint density at radius 3 is 2.95 bits per heavy atom. The maximum atomic E-state index is 4.68. The Labute approximate surface area is 132 Å². The first-order valence-corrected chi connectivity index (χ1v) is 8.69. The number of hydrogen-bond acceptors (Lipinski definition) is 5. The molecule has 3 aromatic rings. The topological polar surface area (TPSA) is 37.8 Å². The Morgan fingerprint density at radius 1 is 1.24 bits per heavy atom. The van der Waals surface area contributed by atoms with Gasteiger partial charge in [-0.25, -0.2) is 9.97 Å². The van der Waals surface area contributed by atoms with Gasteiger partial charge in [0.25, 0.3) is 0 Å². The molecule has 2 aromatic heterocycles. The van der Waals surface area contributed by atoms with Gasteiger partial charge in [0.15, 0.2) is 0 Å². The van der Waals surface area contributed by atoms with Crippen molar-refractivity contribution >= 4 is 39.3 Å². The molecule has 0 spiro atoms. The lowest BCUT2D eigenvalue weighted by atomic mass is 10.2. The van der Waals surface area contributed by atoms with Crippen LogP contribution in [0.2, 0.25) is 0 Å². The summed E-state index contributed by atoms with van der Waals surface area (Å²) in [5, 5.41) is 7.51. The summed E-state index contributed by atoms with van der Waals surface area (Å²) in [6.07, 6.45) is 1.06. The molecular formula is C16H17N3S2. The van der Waals surface area contributed by atoms with Crippen LogP contribution in [-0.4, -0.2) is 16.5 Å². The summed E-state index contributed by atoms with van der Waals surface area (Å²) < 4.78 is 0. The van der Waals surface area contributed by atoms with Gasteiger partial charge in [0, 0.05) is 16.8 Å². The molecule has 108 valence electrons. The number of fused-ring (bicyclic) bond motifs is 1. The Bertz CT molecular complexity index is 752. The lowest BCUT2D eigenvalue weighted by Crippen LogP contribution is -2.04. The van der Waals surface area contributed by atoms with Crippen LogP contribution < -0.4 is 5.32 Å². The van der Waals surface area contributed by atoms with Crippen LogP contribution in [0.15, 0.2) is 45.6 Å². The van der Waals surface area contributed by atoms with E-state index in [4.69, 9.17) is 0 Å². The Morgan fingerprint density at radius 2 is 2.14 bits per heavy atom. The highest BCUT2D eigenvalue weighted by Gasteiger charge is 2.10. The second kappa shape index (κ2) is 6.45. The van der Waals surface area contributed by atoms with Crippen molar-refractivity contribution in [3.8, 4) is 0 Å². The average Bonchev–Trinajstić information content (AvgIpc) is 2.94. The Kier molecular flexibility index (Phi) is 4.41. The van der Waals surface area contributed by atoms with Crippen molar-refractivity contribution in [1.29, 1.82) is 0 Å². The van der Waals surface area contributed by atoms with E-state index in [1.165, 1.54) is 10.5 Å². The molecule has 2 heterocycles. The summed E-state index contributed by atoms with van der Waals surface area (Å²) in [5.41, 5.74) is 1.26. The fraction of sp³-hybridized carbons (Fsp3) is 0.250. The van der Waals surface area contributed by atoms with Gasteiger partial charge in [-0.05, 0) is 36.9 Å². The number of aromatic nitrogens is 2. The van der Waals surface area contributed by atoms with Crippen molar-refractivity contribution in [3.05, 3.63) is 41.3 Å². The summed E-state index contributed by atoms with van der Waals surface area (Å²) >= 11 is 3.36. The molecular weight excluding hydrogens is 298 g/mol. The van der Waals surface area contributed by atoms with Gasteiger partial charge in [-0.1, -0.05) is 36.4 Å². The highest BCUT2D eigenvalue weighted by Crippen LogP contribution is 2.34. The summed E-state index contributed by atoms with van der Waals surface area (Å²) in [5.74, 6) is 0.724. The first kappa shape index (κ1) is 14.4. The minimum absolute atomic E-state index is 0.724. The molecule has 0 amide bonds. The van der Waals surface area contributed by atoms with Gasteiger partial charge in [-0.15, -0.1) is 11.3 Å². The average molecular weight is 315 g/mol. The summed E-state index contributed by atoms with van der Waals surface area (Å²) in [4.78, 5) is 11.5. The molecule has 0 bridgehead atoms. The van der Waals surface area contributed by atoms with Crippen molar-refractivity contribution in [1.82, 2.24) is 9.97 Å². The van der Waals surface area contributed by atoms with E-state index in [9.17, 15) is 0 Å². The third-order valence-corrected chi connectivity index (χ3v) is 4.83. The molecule has 0 saturated heterocycles. The van der Waals surface area contributed by atoms with Crippen LogP contribution in [0.5, 0.6) is 0 Å². The molecule has 0 radical (unpaired) electrons. The van der Waals surface area contributed by atoms with Gasteiger partial charge in [0.1, 0.15) is 9.86 Å². The Balaban J connectivity index is 1.97. The number of nitrogens with zero attached hydrogens (tertiary/aromatic N) is 2. The largest absolute Gasteiger partial charge is 0.354 e. The minimum atomic E-state index is 0.724. The van der Waals surface area contributed by atoms with Gasteiger partial charge in [-0.2, -0.15) is 0 Å². The normalized spacial score (nSPS) is 11.0. The number of rotatable bonds is 5. The van der Waals surface area contributed by atoms with Crippen LogP contribution in [0, 0.1) is 6.92 Å². The molecule has 0 unspecified atom stereocenters. The number of nitrogens with one attached hydrogen (secondary N) is 1. The first-order chi connectivity index (χ1) is 10.3. The zero-order chi connectivity index (χ0) is 14.7. The van der Waals surface area contributed by atoms with E-state index in [1.54, 1.807) is 23.1 Å². The minimum Gasteiger partial charge on any atom is -0.354 e. The van der Waals surface area contributed by atoms with Gasteiger partial charge in [0.2, 0.25) is 5.95 Å². The lowest BCUT2D eigenvalue weighted by molar-refractivity contribution is 0.947. The fourth-order valence-electron chi connectivity index (χ4n) is 2.01. The van der Waals surface area contributed by atoms with Gasteiger partial charge in [0.05, 0.1) is 0 Å². The lowest BCUT2D eigenvalue weighted by Gasteiger charge is -2.07. The number of aryl methyl sites for hydroxylation is 1. The quantitative estimate of drug-likeness (QED) is 0.674.